The summed E-state index contributed by atoms with van der Waals surface area (Å²) in [5, 5.41) is 9.50. The van der Waals surface area contributed by atoms with Crippen LogP contribution in [-0.4, -0.2) is 18.0 Å². The molecule has 0 bridgehead atoms. The van der Waals surface area contributed by atoms with Gasteiger partial charge in [-0.2, -0.15) is 0 Å². The maximum absolute atomic E-state index is 12.0. The minimum Gasteiger partial charge on any atom is -0.504 e. The van der Waals surface area contributed by atoms with Crippen LogP contribution in [0.4, 0.5) is 0 Å². The minimum absolute atomic E-state index is 0.0139. The highest BCUT2D eigenvalue weighted by Crippen LogP contribution is 2.26. The summed E-state index contributed by atoms with van der Waals surface area (Å²) in [6.45, 7) is 0. The molecule has 4 heteroatoms. The summed E-state index contributed by atoms with van der Waals surface area (Å²) in [6, 6.07) is 12.2. The normalized spacial score (nSPS) is 10.7. The summed E-state index contributed by atoms with van der Waals surface area (Å²) in [4.78, 5) is 12.0. The zero-order valence-corrected chi connectivity index (χ0v) is 12.4. The van der Waals surface area contributed by atoms with Crippen molar-refractivity contribution in [1.29, 1.82) is 0 Å². The highest BCUT2D eigenvalue weighted by molar-refractivity contribution is 9.10. The summed E-state index contributed by atoms with van der Waals surface area (Å²) in [5.41, 5.74) is 1.39. The number of halogens is 1. The molecule has 0 aliphatic heterocycles. The van der Waals surface area contributed by atoms with Gasteiger partial charge >= 0.3 is 0 Å². The fourth-order valence-corrected chi connectivity index (χ4v) is 2.13. The maximum atomic E-state index is 12.0. The van der Waals surface area contributed by atoms with E-state index in [1.165, 1.54) is 25.3 Å². The van der Waals surface area contributed by atoms with Gasteiger partial charge in [0, 0.05) is 10.0 Å². The molecule has 0 spiro atoms. The average Bonchev–Trinajstić information content (AvgIpc) is 2.45. The van der Waals surface area contributed by atoms with E-state index in [0.29, 0.717) is 5.56 Å². The first-order valence-electron chi connectivity index (χ1n) is 5.95. The second-order valence-corrected chi connectivity index (χ2v) is 5.05. The van der Waals surface area contributed by atoms with Crippen molar-refractivity contribution in [2.75, 3.05) is 7.11 Å². The third-order valence-electron chi connectivity index (χ3n) is 2.74. The molecule has 0 aromatic heterocycles. The highest BCUT2D eigenvalue weighted by Gasteiger charge is 2.07. The molecule has 2 rings (SSSR count). The fourth-order valence-electron chi connectivity index (χ4n) is 1.71. The quantitative estimate of drug-likeness (QED) is 0.678. The van der Waals surface area contributed by atoms with Gasteiger partial charge in [-0.05, 0) is 42.0 Å². The van der Waals surface area contributed by atoms with Crippen molar-refractivity contribution in [2.45, 2.75) is 0 Å². The number of carbonyl (C=O) groups is 1. The third kappa shape index (κ3) is 3.48. The molecule has 0 aliphatic carbocycles. The van der Waals surface area contributed by atoms with E-state index in [-0.39, 0.29) is 17.3 Å². The molecule has 102 valence electrons. The first-order chi connectivity index (χ1) is 9.60. The lowest BCUT2D eigenvalue weighted by Crippen LogP contribution is -1.95. The van der Waals surface area contributed by atoms with Crippen LogP contribution in [0.2, 0.25) is 0 Å². The molecule has 2 aromatic rings. The Bertz CT molecular complexity index is 663. The van der Waals surface area contributed by atoms with Crippen LogP contribution in [0.5, 0.6) is 11.5 Å². The highest BCUT2D eigenvalue weighted by atomic mass is 79.9. The summed E-state index contributed by atoms with van der Waals surface area (Å²) in [5.74, 6) is 0.148. The van der Waals surface area contributed by atoms with E-state index in [2.05, 4.69) is 15.9 Å². The first kappa shape index (κ1) is 14.3. The second kappa shape index (κ2) is 6.39. The van der Waals surface area contributed by atoms with Crippen molar-refractivity contribution in [3.63, 3.8) is 0 Å². The first-order valence-corrected chi connectivity index (χ1v) is 6.74. The van der Waals surface area contributed by atoms with Crippen molar-refractivity contribution in [3.05, 3.63) is 64.1 Å². The molecule has 0 aliphatic rings. The summed E-state index contributed by atoms with van der Waals surface area (Å²) in [7, 11) is 1.45. The topological polar surface area (TPSA) is 46.5 Å². The Morgan fingerprint density at radius 3 is 2.75 bits per heavy atom. The minimum atomic E-state index is -0.150. The number of hydrogen-bond acceptors (Lipinski definition) is 3. The van der Waals surface area contributed by atoms with Crippen LogP contribution in [0.15, 0.2) is 53.0 Å². The van der Waals surface area contributed by atoms with Gasteiger partial charge in [-0.1, -0.05) is 34.1 Å². The van der Waals surface area contributed by atoms with Crippen LogP contribution in [0, 0.1) is 0 Å². The number of carbonyl (C=O) groups excluding carboxylic acids is 1. The Kier molecular flexibility index (Phi) is 4.58. The Hall–Kier alpha value is -2.07. The molecule has 0 amide bonds. The summed E-state index contributed by atoms with van der Waals surface area (Å²) in [6.07, 6.45) is 3.24. The Labute approximate surface area is 125 Å². The predicted molar refractivity (Wildman–Crippen MR) is 82.2 cm³/mol. The lowest BCUT2D eigenvalue weighted by atomic mass is 10.1. The number of phenolic OH excluding ortho intramolecular Hbond substituents is 1. The molecule has 0 heterocycles. The predicted octanol–water partition coefficient (Wildman–Crippen LogP) is 4.06. The van der Waals surface area contributed by atoms with E-state index in [0.717, 1.165) is 10.0 Å². The second-order valence-electron chi connectivity index (χ2n) is 4.14. The summed E-state index contributed by atoms with van der Waals surface area (Å²) >= 11 is 3.38. The van der Waals surface area contributed by atoms with E-state index >= 15 is 0 Å². The van der Waals surface area contributed by atoms with Crippen LogP contribution in [0.25, 0.3) is 6.08 Å². The van der Waals surface area contributed by atoms with Gasteiger partial charge in [0.25, 0.3) is 0 Å². The average molecular weight is 333 g/mol. The van der Waals surface area contributed by atoms with Gasteiger partial charge in [0.05, 0.1) is 7.11 Å². The number of allylic oxidation sites excluding steroid dienone is 1. The van der Waals surface area contributed by atoms with Crippen LogP contribution >= 0.6 is 15.9 Å². The number of rotatable bonds is 4. The third-order valence-corrected chi connectivity index (χ3v) is 3.23. The molecule has 20 heavy (non-hydrogen) atoms. The van der Waals surface area contributed by atoms with Crippen LogP contribution < -0.4 is 4.74 Å². The lowest BCUT2D eigenvalue weighted by Gasteiger charge is -2.04. The van der Waals surface area contributed by atoms with Gasteiger partial charge in [-0.15, -0.1) is 0 Å². The monoisotopic (exact) mass is 332 g/mol. The molecule has 0 fully saturated rings. The van der Waals surface area contributed by atoms with Gasteiger partial charge in [0.2, 0.25) is 0 Å². The van der Waals surface area contributed by atoms with E-state index in [1.807, 2.05) is 24.3 Å². The van der Waals surface area contributed by atoms with Crippen LogP contribution in [-0.2, 0) is 0 Å². The largest absolute Gasteiger partial charge is 0.504 e. The Balaban J connectivity index is 2.20. The van der Waals surface area contributed by atoms with Crippen molar-refractivity contribution < 1.29 is 14.6 Å². The van der Waals surface area contributed by atoms with Gasteiger partial charge in [-0.25, -0.2) is 0 Å². The number of aromatic hydroxyl groups is 1. The molecular weight excluding hydrogens is 320 g/mol. The maximum Gasteiger partial charge on any atom is 0.185 e. The molecular formula is C16H13BrO3. The van der Waals surface area contributed by atoms with Gasteiger partial charge < -0.3 is 9.84 Å². The molecule has 0 unspecified atom stereocenters. The lowest BCUT2D eigenvalue weighted by molar-refractivity contribution is 0.104. The van der Waals surface area contributed by atoms with E-state index in [9.17, 15) is 9.90 Å². The number of ether oxygens (including phenoxy) is 1. The van der Waals surface area contributed by atoms with Crippen molar-refractivity contribution >= 4 is 27.8 Å². The summed E-state index contributed by atoms with van der Waals surface area (Å²) < 4.78 is 5.94. The molecule has 0 radical (unpaired) electrons. The standard InChI is InChI=1S/C16H13BrO3/c1-20-16-10-12(6-8-15(16)19)14(18)7-5-11-3-2-4-13(17)9-11/h2-10,19H,1H3. The number of ketones is 1. The fraction of sp³-hybridized carbons (Fsp3) is 0.0625. The van der Waals surface area contributed by atoms with Gasteiger partial charge in [-0.3, -0.25) is 4.79 Å². The number of phenols is 1. The zero-order valence-electron chi connectivity index (χ0n) is 10.8. The molecule has 0 atom stereocenters. The Morgan fingerprint density at radius 2 is 2.05 bits per heavy atom. The Morgan fingerprint density at radius 1 is 1.25 bits per heavy atom. The van der Waals surface area contributed by atoms with Crippen molar-refractivity contribution in [1.82, 2.24) is 0 Å². The molecule has 3 nitrogen and oxygen atoms in total. The van der Waals surface area contributed by atoms with Crippen molar-refractivity contribution in [3.8, 4) is 11.5 Å². The SMILES string of the molecule is COc1cc(C(=O)C=Cc2cccc(Br)c2)ccc1O. The van der Waals surface area contributed by atoms with Gasteiger partial charge in [0.15, 0.2) is 17.3 Å². The van der Waals surface area contributed by atoms with E-state index in [1.54, 1.807) is 12.1 Å². The number of hydrogen-bond donors (Lipinski definition) is 1. The molecule has 0 saturated heterocycles. The smallest absolute Gasteiger partial charge is 0.185 e. The van der Waals surface area contributed by atoms with Crippen LogP contribution in [0.3, 0.4) is 0 Å². The molecule has 0 saturated carbocycles. The van der Waals surface area contributed by atoms with Crippen molar-refractivity contribution in [2.24, 2.45) is 0 Å². The van der Waals surface area contributed by atoms with E-state index < -0.39 is 0 Å². The number of benzene rings is 2. The molecule has 1 N–H and O–H groups in total. The zero-order chi connectivity index (χ0) is 14.5. The van der Waals surface area contributed by atoms with E-state index in [4.69, 9.17) is 4.74 Å². The van der Waals surface area contributed by atoms with Crippen LogP contribution in [0.1, 0.15) is 15.9 Å². The molecule has 2 aromatic carbocycles. The van der Waals surface area contributed by atoms with Gasteiger partial charge in [0.1, 0.15) is 0 Å². The number of methoxy groups -OCH3 is 1.